The number of nitrogens with one attached hydrogen (secondary N) is 2. The summed E-state index contributed by atoms with van der Waals surface area (Å²) < 4.78 is 5.17. The Labute approximate surface area is 121 Å². The molecule has 2 rings (SSSR count). The highest BCUT2D eigenvalue weighted by Crippen LogP contribution is 2.32. The van der Waals surface area contributed by atoms with Crippen LogP contribution in [0.4, 0.5) is 11.4 Å². The normalized spacial score (nSPS) is 10.0. The number of anilines is 2. The first-order valence-electron chi connectivity index (χ1n) is 6.24. The second-order valence-corrected chi connectivity index (χ2v) is 4.49. The van der Waals surface area contributed by atoms with E-state index >= 15 is 0 Å². The Morgan fingerprint density at radius 2 is 2.10 bits per heavy atom. The number of carbonyl (C=O) groups excluding carboxylic acids is 1. The highest BCUT2D eigenvalue weighted by Gasteiger charge is 2.16. The molecule has 0 atom stereocenters. The number of methoxy groups -OCH3 is 1. The molecule has 2 heterocycles. The lowest BCUT2D eigenvalue weighted by atomic mass is 10.2. The van der Waals surface area contributed by atoms with E-state index in [0.29, 0.717) is 11.6 Å². The van der Waals surface area contributed by atoms with Gasteiger partial charge in [-0.1, -0.05) is 6.07 Å². The van der Waals surface area contributed by atoms with Crippen LogP contribution in [0.15, 0.2) is 35.3 Å². The third-order valence-electron chi connectivity index (χ3n) is 2.82. The number of ether oxygens (including phenoxy) is 1. The van der Waals surface area contributed by atoms with Crippen molar-refractivity contribution in [3.63, 3.8) is 0 Å². The van der Waals surface area contributed by atoms with E-state index in [1.165, 1.54) is 25.3 Å². The summed E-state index contributed by atoms with van der Waals surface area (Å²) >= 11 is 0. The van der Waals surface area contributed by atoms with Crippen molar-refractivity contribution >= 4 is 17.3 Å². The number of nitrogens with zero attached hydrogens (tertiary/aromatic N) is 2. The Hall–Kier alpha value is -2.83. The molecule has 1 amide bonds. The number of hydrogen-bond donors (Lipinski definition) is 2. The van der Waals surface area contributed by atoms with Gasteiger partial charge in [0, 0.05) is 26.4 Å². The summed E-state index contributed by atoms with van der Waals surface area (Å²) in [5.74, 6) is -0.144. The summed E-state index contributed by atoms with van der Waals surface area (Å²) in [5.41, 5.74) is 1.01. The maximum absolute atomic E-state index is 12.2. The molecule has 110 valence electrons. The van der Waals surface area contributed by atoms with Gasteiger partial charge in [-0.2, -0.15) is 0 Å². The average molecular weight is 288 g/mol. The van der Waals surface area contributed by atoms with Gasteiger partial charge in [0.15, 0.2) is 0 Å². The highest BCUT2D eigenvalue weighted by atomic mass is 16.5. The number of carbonyl (C=O) groups is 1. The second-order valence-electron chi connectivity index (χ2n) is 4.49. The van der Waals surface area contributed by atoms with Crippen LogP contribution in [0, 0.1) is 0 Å². The third-order valence-corrected chi connectivity index (χ3v) is 2.82. The van der Waals surface area contributed by atoms with Gasteiger partial charge in [0.2, 0.25) is 11.4 Å². The molecule has 0 spiro atoms. The quantitative estimate of drug-likeness (QED) is 0.879. The maximum atomic E-state index is 12.2. The standard InChI is InChI=1S/C14H16N4O3/c1-18(2)10-7-8-15-14(21-3)12(10)17-13(20)9-5-4-6-11(19)16-9/h4-8H,1-3H3,(H,16,19)(H,17,20). The predicted molar refractivity (Wildman–Crippen MR) is 80.1 cm³/mol. The van der Waals surface area contributed by atoms with E-state index in [1.54, 1.807) is 12.3 Å². The van der Waals surface area contributed by atoms with Crippen LogP contribution in [-0.4, -0.2) is 37.1 Å². The van der Waals surface area contributed by atoms with Crippen LogP contribution in [0.2, 0.25) is 0 Å². The number of H-pyrrole nitrogens is 1. The van der Waals surface area contributed by atoms with Crippen molar-refractivity contribution in [2.45, 2.75) is 0 Å². The smallest absolute Gasteiger partial charge is 0.272 e. The van der Waals surface area contributed by atoms with E-state index in [4.69, 9.17) is 4.74 Å². The molecule has 0 saturated carbocycles. The van der Waals surface area contributed by atoms with Crippen molar-refractivity contribution in [2.75, 3.05) is 31.4 Å². The molecule has 7 nitrogen and oxygen atoms in total. The fraction of sp³-hybridized carbons (Fsp3) is 0.214. The average Bonchev–Trinajstić information content (AvgIpc) is 2.47. The first-order chi connectivity index (χ1) is 10.0. The Morgan fingerprint density at radius 1 is 1.33 bits per heavy atom. The maximum Gasteiger partial charge on any atom is 0.272 e. The lowest BCUT2D eigenvalue weighted by Gasteiger charge is -2.19. The van der Waals surface area contributed by atoms with Gasteiger partial charge in [-0.3, -0.25) is 9.59 Å². The van der Waals surface area contributed by atoms with Crippen LogP contribution in [0.25, 0.3) is 0 Å². The first-order valence-corrected chi connectivity index (χ1v) is 6.24. The van der Waals surface area contributed by atoms with Gasteiger partial charge in [-0.25, -0.2) is 4.98 Å². The third kappa shape index (κ3) is 3.19. The van der Waals surface area contributed by atoms with Crippen LogP contribution < -0.4 is 20.5 Å². The SMILES string of the molecule is COc1nccc(N(C)C)c1NC(=O)c1cccc(=O)[nH]1. The molecule has 0 saturated heterocycles. The van der Waals surface area contributed by atoms with E-state index in [1.807, 2.05) is 19.0 Å². The van der Waals surface area contributed by atoms with Gasteiger partial charge in [0.25, 0.3) is 5.91 Å². The van der Waals surface area contributed by atoms with E-state index in [-0.39, 0.29) is 11.3 Å². The van der Waals surface area contributed by atoms with Crippen LogP contribution in [-0.2, 0) is 0 Å². The monoisotopic (exact) mass is 288 g/mol. The summed E-state index contributed by atoms with van der Waals surface area (Å²) in [6.45, 7) is 0. The first kappa shape index (κ1) is 14.6. The number of aromatic nitrogens is 2. The van der Waals surface area contributed by atoms with Gasteiger partial charge in [-0.05, 0) is 12.1 Å². The summed E-state index contributed by atoms with van der Waals surface area (Å²) in [7, 11) is 5.16. The summed E-state index contributed by atoms with van der Waals surface area (Å²) in [4.78, 5) is 31.9. The zero-order valence-electron chi connectivity index (χ0n) is 12.0. The molecular formula is C14H16N4O3. The summed E-state index contributed by atoms with van der Waals surface area (Å²) in [6.07, 6.45) is 1.59. The van der Waals surface area contributed by atoms with Gasteiger partial charge in [0.1, 0.15) is 11.4 Å². The minimum atomic E-state index is -0.442. The molecule has 21 heavy (non-hydrogen) atoms. The molecule has 0 bridgehead atoms. The number of hydrogen-bond acceptors (Lipinski definition) is 5. The molecule has 0 fully saturated rings. The van der Waals surface area contributed by atoms with E-state index < -0.39 is 5.91 Å². The predicted octanol–water partition coefficient (Wildman–Crippen LogP) is 1.10. The Balaban J connectivity index is 2.38. The molecule has 0 aliphatic heterocycles. The highest BCUT2D eigenvalue weighted by molar-refractivity contribution is 6.05. The Morgan fingerprint density at radius 3 is 2.71 bits per heavy atom. The second kappa shape index (κ2) is 6.08. The van der Waals surface area contributed by atoms with E-state index in [0.717, 1.165) is 5.69 Å². The minimum Gasteiger partial charge on any atom is -0.479 e. The van der Waals surface area contributed by atoms with Gasteiger partial charge in [-0.15, -0.1) is 0 Å². The number of rotatable bonds is 4. The van der Waals surface area contributed by atoms with Crippen molar-refractivity contribution in [1.29, 1.82) is 0 Å². The zero-order chi connectivity index (χ0) is 15.4. The van der Waals surface area contributed by atoms with Gasteiger partial charge >= 0.3 is 0 Å². The fourth-order valence-electron chi connectivity index (χ4n) is 1.84. The van der Waals surface area contributed by atoms with Crippen molar-refractivity contribution in [3.8, 4) is 5.88 Å². The minimum absolute atomic E-state index is 0.165. The molecule has 0 aliphatic carbocycles. The van der Waals surface area contributed by atoms with Crippen LogP contribution in [0.3, 0.4) is 0 Å². The topological polar surface area (TPSA) is 87.3 Å². The molecule has 7 heteroatoms. The van der Waals surface area contributed by atoms with Crippen molar-refractivity contribution in [1.82, 2.24) is 9.97 Å². The van der Waals surface area contributed by atoms with Crippen molar-refractivity contribution in [3.05, 3.63) is 46.5 Å². The van der Waals surface area contributed by atoms with Crippen LogP contribution >= 0.6 is 0 Å². The van der Waals surface area contributed by atoms with Gasteiger partial charge in [0.05, 0.1) is 12.8 Å². The van der Waals surface area contributed by atoms with E-state index in [9.17, 15) is 9.59 Å². The largest absolute Gasteiger partial charge is 0.479 e. The molecule has 0 aromatic carbocycles. The number of pyridine rings is 2. The lowest BCUT2D eigenvalue weighted by Crippen LogP contribution is -2.20. The summed E-state index contributed by atoms with van der Waals surface area (Å²) in [5, 5.41) is 2.72. The van der Waals surface area contributed by atoms with Crippen LogP contribution in [0.1, 0.15) is 10.5 Å². The number of aromatic amines is 1. The molecule has 0 aliphatic rings. The lowest BCUT2D eigenvalue weighted by molar-refractivity contribution is 0.102. The molecular weight excluding hydrogens is 272 g/mol. The number of amides is 1. The zero-order valence-corrected chi connectivity index (χ0v) is 12.0. The molecule has 2 aromatic rings. The van der Waals surface area contributed by atoms with Gasteiger partial charge < -0.3 is 19.9 Å². The molecule has 0 radical (unpaired) electrons. The molecule has 2 N–H and O–H groups in total. The Bertz CT molecular complexity index is 709. The molecule has 2 aromatic heterocycles. The fourth-order valence-corrected chi connectivity index (χ4v) is 1.84. The van der Waals surface area contributed by atoms with Crippen molar-refractivity contribution < 1.29 is 9.53 Å². The Kier molecular flexibility index (Phi) is 4.22. The van der Waals surface area contributed by atoms with Crippen LogP contribution in [0.5, 0.6) is 5.88 Å². The van der Waals surface area contributed by atoms with Crippen molar-refractivity contribution in [2.24, 2.45) is 0 Å². The van der Waals surface area contributed by atoms with E-state index in [2.05, 4.69) is 15.3 Å². The molecule has 0 unspecified atom stereocenters. The summed E-state index contributed by atoms with van der Waals surface area (Å²) in [6, 6.07) is 6.13.